The monoisotopic (exact) mass is 427 g/mol. The van der Waals surface area contributed by atoms with Crippen LogP contribution in [0.15, 0.2) is 34.9 Å². The molecular weight excluding hydrogens is 408 g/mol. The molecule has 0 aliphatic heterocycles. The molecule has 0 amide bonds. The first-order valence-electron chi connectivity index (χ1n) is 8.04. The van der Waals surface area contributed by atoms with Gasteiger partial charge in [-0.15, -0.1) is 0 Å². The molecule has 0 aliphatic carbocycles. The van der Waals surface area contributed by atoms with Crippen molar-refractivity contribution in [2.75, 3.05) is 7.11 Å². The van der Waals surface area contributed by atoms with Crippen LogP contribution in [0.4, 0.5) is 8.78 Å². The SMILES string of the molecule is CCC(C)(C)OC(=O)c1ccc(Br)cc1-c1cc(C(F)F)ncc1OC. The number of halogens is 3. The largest absolute Gasteiger partial charge is 0.494 e. The van der Waals surface area contributed by atoms with Gasteiger partial charge in [0.25, 0.3) is 6.43 Å². The molecular formula is C19H20BrF2NO3. The van der Waals surface area contributed by atoms with Gasteiger partial charge in [-0.3, -0.25) is 4.98 Å². The third kappa shape index (κ3) is 4.58. The predicted octanol–water partition coefficient (Wildman–Crippen LogP) is 5.80. The summed E-state index contributed by atoms with van der Waals surface area (Å²) < 4.78 is 37.7. The second-order valence-corrected chi connectivity index (χ2v) is 7.22. The fraction of sp³-hybridized carbons (Fsp3) is 0.368. The normalized spacial score (nSPS) is 11.5. The molecule has 0 radical (unpaired) electrons. The molecule has 0 atom stereocenters. The number of esters is 1. The highest BCUT2D eigenvalue weighted by molar-refractivity contribution is 9.10. The summed E-state index contributed by atoms with van der Waals surface area (Å²) in [5, 5.41) is 0. The third-order valence-electron chi connectivity index (χ3n) is 4.04. The van der Waals surface area contributed by atoms with Crippen molar-refractivity contribution >= 4 is 21.9 Å². The standard InChI is InChI=1S/C19H20BrF2NO3/c1-5-19(2,3)26-18(24)12-7-6-11(20)8-13(12)14-9-15(17(21)22)23-10-16(14)25-4/h6-10,17H,5H2,1-4H3. The number of rotatable bonds is 6. The molecule has 0 bridgehead atoms. The second kappa shape index (κ2) is 8.12. The summed E-state index contributed by atoms with van der Waals surface area (Å²) in [6.07, 6.45) is -0.872. The Morgan fingerprint density at radius 1 is 1.27 bits per heavy atom. The highest BCUT2D eigenvalue weighted by Crippen LogP contribution is 2.36. The number of aromatic nitrogens is 1. The molecule has 0 fully saturated rings. The zero-order valence-electron chi connectivity index (χ0n) is 15.0. The Morgan fingerprint density at radius 3 is 2.54 bits per heavy atom. The average molecular weight is 428 g/mol. The van der Waals surface area contributed by atoms with Gasteiger partial charge in [-0.25, -0.2) is 13.6 Å². The molecule has 140 valence electrons. The average Bonchev–Trinajstić information content (AvgIpc) is 2.60. The molecule has 26 heavy (non-hydrogen) atoms. The van der Waals surface area contributed by atoms with Crippen molar-refractivity contribution in [1.82, 2.24) is 4.98 Å². The molecule has 2 aromatic rings. The maximum absolute atomic E-state index is 13.1. The zero-order chi connectivity index (χ0) is 19.5. The topological polar surface area (TPSA) is 48.4 Å². The van der Waals surface area contributed by atoms with Crippen molar-refractivity contribution < 1.29 is 23.0 Å². The van der Waals surface area contributed by atoms with Crippen molar-refractivity contribution in [3.8, 4) is 16.9 Å². The summed E-state index contributed by atoms with van der Waals surface area (Å²) in [4.78, 5) is 16.4. The molecule has 0 saturated heterocycles. The zero-order valence-corrected chi connectivity index (χ0v) is 16.6. The van der Waals surface area contributed by atoms with Gasteiger partial charge in [-0.1, -0.05) is 22.9 Å². The molecule has 0 saturated carbocycles. The van der Waals surface area contributed by atoms with E-state index >= 15 is 0 Å². The molecule has 0 spiro atoms. The van der Waals surface area contributed by atoms with Crippen LogP contribution < -0.4 is 4.74 Å². The molecule has 1 aromatic carbocycles. The summed E-state index contributed by atoms with van der Waals surface area (Å²) in [5.41, 5.74) is 0.00365. The lowest BCUT2D eigenvalue weighted by Gasteiger charge is -2.24. The van der Waals surface area contributed by atoms with E-state index in [4.69, 9.17) is 9.47 Å². The van der Waals surface area contributed by atoms with E-state index in [2.05, 4.69) is 20.9 Å². The Bertz CT molecular complexity index is 809. The Kier molecular flexibility index (Phi) is 6.34. The molecule has 2 rings (SSSR count). The van der Waals surface area contributed by atoms with Crippen molar-refractivity contribution in [2.45, 2.75) is 39.2 Å². The number of carbonyl (C=O) groups is 1. The van der Waals surface area contributed by atoms with Gasteiger partial charge >= 0.3 is 5.97 Å². The summed E-state index contributed by atoms with van der Waals surface area (Å²) in [6.45, 7) is 5.54. The second-order valence-electron chi connectivity index (χ2n) is 6.30. The van der Waals surface area contributed by atoms with Crippen LogP contribution in [0.2, 0.25) is 0 Å². The van der Waals surface area contributed by atoms with Gasteiger partial charge in [-0.2, -0.15) is 0 Å². The summed E-state index contributed by atoms with van der Waals surface area (Å²) in [6, 6.07) is 6.19. The van der Waals surface area contributed by atoms with Crippen LogP contribution in [0.1, 0.15) is 49.7 Å². The molecule has 0 N–H and O–H groups in total. The number of methoxy groups -OCH3 is 1. The smallest absolute Gasteiger partial charge is 0.339 e. The number of carbonyl (C=O) groups excluding carboxylic acids is 1. The van der Waals surface area contributed by atoms with E-state index < -0.39 is 23.7 Å². The van der Waals surface area contributed by atoms with E-state index in [1.807, 2.05) is 20.8 Å². The maximum atomic E-state index is 13.1. The van der Waals surface area contributed by atoms with E-state index in [-0.39, 0.29) is 11.3 Å². The van der Waals surface area contributed by atoms with Gasteiger partial charge in [0.2, 0.25) is 0 Å². The number of alkyl halides is 2. The van der Waals surface area contributed by atoms with Gasteiger partial charge < -0.3 is 9.47 Å². The van der Waals surface area contributed by atoms with E-state index in [0.29, 0.717) is 22.0 Å². The quantitative estimate of drug-likeness (QED) is 0.546. The van der Waals surface area contributed by atoms with Gasteiger partial charge in [0.05, 0.1) is 18.9 Å². The van der Waals surface area contributed by atoms with Crippen LogP contribution in [0.5, 0.6) is 5.75 Å². The lowest BCUT2D eigenvalue weighted by Crippen LogP contribution is -2.27. The third-order valence-corrected chi connectivity index (χ3v) is 4.54. The Labute approximate surface area is 159 Å². The number of hydrogen-bond acceptors (Lipinski definition) is 4. The first kappa shape index (κ1) is 20.3. The minimum Gasteiger partial charge on any atom is -0.494 e. The highest BCUT2D eigenvalue weighted by atomic mass is 79.9. The van der Waals surface area contributed by atoms with E-state index in [1.165, 1.54) is 19.4 Å². The summed E-state index contributed by atoms with van der Waals surface area (Å²) in [7, 11) is 1.42. The molecule has 0 aliphatic rings. The van der Waals surface area contributed by atoms with Crippen LogP contribution in [0.25, 0.3) is 11.1 Å². The van der Waals surface area contributed by atoms with Gasteiger partial charge in [-0.05, 0) is 44.5 Å². The van der Waals surface area contributed by atoms with E-state index in [0.717, 1.165) is 0 Å². The number of hydrogen-bond donors (Lipinski definition) is 0. The number of benzene rings is 1. The van der Waals surface area contributed by atoms with Crippen LogP contribution >= 0.6 is 15.9 Å². The number of ether oxygens (including phenoxy) is 2. The molecule has 7 heteroatoms. The van der Waals surface area contributed by atoms with Crippen LogP contribution in [0, 0.1) is 0 Å². The predicted molar refractivity (Wildman–Crippen MR) is 98.7 cm³/mol. The molecule has 0 unspecified atom stereocenters. The minimum absolute atomic E-state index is 0.263. The number of nitrogens with zero attached hydrogens (tertiary/aromatic N) is 1. The fourth-order valence-electron chi connectivity index (χ4n) is 2.25. The Balaban J connectivity index is 2.61. The summed E-state index contributed by atoms with van der Waals surface area (Å²) >= 11 is 3.36. The Morgan fingerprint density at radius 2 is 1.96 bits per heavy atom. The maximum Gasteiger partial charge on any atom is 0.339 e. The fourth-order valence-corrected chi connectivity index (χ4v) is 2.61. The highest BCUT2D eigenvalue weighted by Gasteiger charge is 2.25. The lowest BCUT2D eigenvalue weighted by atomic mass is 9.98. The molecule has 1 heterocycles. The van der Waals surface area contributed by atoms with Gasteiger partial charge in [0.15, 0.2) is 0 Å². The minimum atomic E-state index is -2.73. The van der Waals surface area contributed by atoms with Crippen LogP contribution in [-0.2, 0) is 4.74 Å². The van der Waals surface area contributed by atoms with Crippen molar-refractivity contribution in [1.29, 1.82) is 0 Å². The van der Waals surface area contributed by atoms with Gasteiger partial charge in [0.1, 0.15) is 17.0 Å². The lowest BCUT2D eigenvalue weighted by molar-refractivity contribution is -0.00234. The van der Waals surface area contributed by atoms with Gasteiger partial charge in [0, 0.05) is 15.6 Å². The van der Waals surface area contributed by atoms with Crippen LogP contribution in [0.3, 0.4) is 0 Å². The number of pyridine rings is 1. The molecule has 1 aromatic heterocycles. The van der Waals surface area contributed by atoms with Crippen molar-refractivity contribution in [3.05, 3.63) is 46.2 Å². The van der Waals surface area contributed by atoms with Crippen LogP contribution in [-0.4, -0.2) is 23.7 Å². The first-order valence-corrected chi connectivity index (χ1v) is 8.83. The summed E-state index contributed by atoms with van der Waals surface area (Å²) in [5.74, 6) is -0.242. The van der Waals surface area contributed by atoms with Crippen molar-refractivity contribution in [2.24, 2.45) is 0 Å². The molecule has 4 nitrogen and oxygen atoms in total. The first-order chi connectivity index (χ1) is 12.2. The Hall–Kier alpha value is -2.02. The van der Waals surface area contributed by atoms with Crippen molar-refractivity contribution in [3.63, 3.8) is 0 Å². The van der Waals surface area contributed by atoms with E-state index in [1.54, 1.807) is 18.2 Å². The van der Waals surface area contributed by atoms with E-state index in [9.17, 15) is 13.6 Å².